The molecule has 0 saturated carbocycles. The minimum absolute atomic E-state index is 0.196. The summed E-state index contributed by atoms with van der Waals surface area (Å²) in [4.78, 5) is 11.1. The molecule has 0 unspecified atom stereocenters. The highest BCUT2D eigenvalue weighted by molar-refractivity contribution is 5.97. The van der Waals surface area contributed by atoms with E-state index in [2.05, 4.69) is 5.32 Å². The number of nitrogen functional groups attached to an aromatic ring is 1. The van der Waals surface area contributed by atoms with Crippen LogP contribution in [0, 0.1) is 0 Å². The fourth-order valence-electron chi connectivity index (χ4n) is 1.73. The van der Waals surface area contributed by atoms with Gasteiger partial charge in [0.25, 0.3) is 0 Å². The minimum Gasteiger partial charge on any atom is -0.478 e. The standard InChI is InChI=1S/C14H22N2O4/c1-19-9-10-20-8-3-2-7-16-13-11(14(17)18)5-4-6-12(13)15/h4-6,16H,2-3,7-10,15H2,1H3,(H,17,18). The molecule has 0 fully saturated rings. The van der Waals surface area contributed by atoms with Gasteiger partial charge in [0.2, 0.25) is 0 Å². The van der Waals surface area contributed by atoms with Crippen LogP contribution in [0.25, 0.3) is 0 Å². The Morgan fingerprint density at radius 2 is 2.10 bits per heavy atom. The molecule has 0 aromatic heterocycles. The van der Waals surface area contributed by atoms with E-state index in [1.807, 2.05) is 0 Å². The van der Waals surface area contributed by atoms with Gasteiger partial charge < -0.3 is 25.6 Å². The summed E-state index contributed by atoms with van der Waals surface area (Å²) in [7, 11) is 1.64. The number of rotatable bonds is 10. The van der Waals surface area contributed by atoms with Crippen LogP contribution in [-0.4, -0.2) is 44.6 Å². The highest BCUT2D eigenvalue weighted by atomic mass is 16.5. The van der Waals surface area contributed by atoms with Gasteiger partial charge in [-0.2, -0.15) is 0 Å². The minimum atomic E-state index is -0.984. The second-order valence-corrected chi connectivity index (χ2v) is 4.31. The van der Waals surface area contributed by atoms with Crippen LogP contribution < -0.4 is 11.1 Å². The summed E-state index contributed by atoms with van der Waals surface area (Å²) in [5.41, 5.74) is 6.92. The molecule has 0 aliphatic rings. The van der Waals surface area contributed by atoms with Gasteiger partial charge in [-0.15, -0.1) is 0 Å². The first kappa shape index (κ1) is 16.3. The average molecular weight is 282 g/mol. The summed E-state index contributed by atoms with van der Waals surface area (Å²) in [6.45, 7) is 2.52. The first-order valence-electron chi connectivity index (χ1n) is 6.59. The van der Waals surface area contributed by atoms with Crippen LogP contribution >= 0.6 is 0 Å². The Kier molecular flexibility index (Phi) is 7.46. The summed E-state index contributed by atoms with van der Waals surface area (Å²) in [5, 5.41) is 12.2. The largest absolute Gasteiger partial charge is 0.478 e. The van der Waals surface area contributed by atoms with Gasteiger partial charge in [-0.05, 0) is 25.0 Å². The molecule has 6 nitrogen and oxygen atoms in total. The second-order valence-electron chi connectivity index (χ2n) is 4.31. The molecule has 0 bridgehead atoms. The lowest BCUT2D eigenvalue weighted by Crippen LogP contribution is -2.11. The average Bonchev–Trinajstić information content (AvgIpc) is 2.43. The van der Waals surface area contributed by atoms with Crippen molar-refractivity contribution in [3.63, 3.8) is 0 Å². The summed E-state index contributed by atoms with van der Waals surface area (Å²) < 4.78 is 10.2. The number of aromatic carboxylic acids is 1. The summed E-state index contributed by atoms with van der Waals surface area (Å²) in [5.74, 6) is -0.984. The number of ether oxygens (including phenoxy) is 2. The fourth-order valence-corrected chi connectivity index (χ4v) is 1.73. The number of hydrogen-bond acceptors (Lipinski definition) is 5. The van der Waals surface area contributed by atoms with Crippen LogP contribution in [0.4, 0.5) is 11.4 Å². The quantitative estimate of drug-likeness (QED) is 0.448. The van der Waals surface area contributed by atoms with Crippen LogP contribution in [0.5, 0.6) is 0 Å². The number of benzene rings is 1. The third-order valence-electron chi connectivity index (χ3n) is 2.78. The zero-order chi connectivity index (χ0) is 14.8. The van der Waals surface area contributed by atoms with Gasteiger partial charge in [-0.3, -0.25) is 0 Å². The van der Waals surface area contributed by atoms with E-state index in [0.29, 0.717) is 37.7 Å². The predicted octanol–water partition coefficient (Wildman–Crippen LogP) is 1.82. The van der Waals surface area contributed by atoms with E-state index in [0.717, 1.165) is 12.8 Å². The molecular formula is C14H22N2O4. The second kappa shape index (κ2) is 9.17. The van der Waals surface area contributed by atoms with Gasteiger partial charge in [0.05, 0.1) is 30.2 Å². The van der Waals surface area contributed by atoms with Crippen molar-refractivity contribution in [2.24, 2.45) is 0 Å². The maximum atomic E-state index is 11.1. The van der Waals surface area contributed by atoms with Crippen molar-refractivity contribution in [2.75, 3.05) is 44.5 Å². The van der Waals surface area contributed by atoms with Crippen molar-refractivity contribution < 1.29 is 19.4 Å². The van der Waals surface area contributed by atoms with Gasteiger partial charge in [0, 0.05) is 20.3 Å². The van der Waals surface area contributed by atoms with Crippen LogP contribution in [0.1, 0.15) is 23.2 Å². The third kappa shape index (κ3) is 5.46. The monoisotopic (exact) mass is 282 g/mol. The normalized spacial score (nSPS) is 10.4. The van der Waals surface area contributed by atoms with Crippen LogP contribution in [0.3, 0.4) is 0 Å². The summed E-state index contributed by atoms with van der Waals surface area (Å²) in [6.07, 6.45) is 1.77. The molecule has 112 valence electrons. The molecule has 0 atom stereocenters. The SMILES string of the molecule is COCCOCCCCNc1c(N)cccc1C(=O)O. The van der Waals surface area contributed by atoms with Crippen molar-refractivity contribution in [2.45, 2.75) is 12.8 Å². The maximum Gasteiger partial charge on any atom is 0.337 e. The summed E-state index contributed by atoms with van der Waals surface area (Å²) >= 11 is 0. The van der Waals surface area contributed by atoms with E-state index in [1.165, 1.54) is 6.07 Å². The first-order valence-corrected chi connectivity index (χ1v) is 6.59. The van der Waals surface area contributed by atoms with Gasteiger partial charge in [0.1, 0.15) is 0 Å². The molecule has 20 heavy (non-hydrogen) atoms. The van der Waals surface area contributed by atoms with Gasteiger partial charge in [-0.25, -0.2) is 4.79 Å². The Bertz CT molecular complexity index is 424. The highest BCUT2D eigenvalue weighted by Crippen LogP contribution is 2.23. The molecule has 4 N–H and O–H groups in total. The van der Waals surface area contributed by atoms with Crippen LogP contribution in [0.2, 0.25) is 0 Å². The molecule has 0 saturated heterocycles. The lowest BCUT2D eigenvalue weighted by atomic mass is 10.1. The first-order chi connectivity index (χ1) is 9.66. The maximum absolute atomic E-state index is 11.1. The number of hydrogen-bond donors (Lipinski definition) is 3. The lowest BCUT2D eigenvalue weighted by molar-refractivity contribution is 0.0690. The Morgan fingerprint density at radius 1 is 1.30 bits per heavy atom. The van der Waals surface area contributed by atoms with Crippen molar-refractivity contribution in [3.05, 3.63) is 23.8 Å². The number of methoxy groups -OCH3 is 1. The number of carbonyl (C=O) groups is 1. The van der Waals surface area contributed by atoms with E-state index in [9.17, 15) is 4.79 Å². The summed E-state index contributed by atoms with van der Waals surface area (Å²) in [6, 6.07) is 4.85. The van der Waals surface area contributed by atoms with Gasteiger partial charge in [-0.1, -0.05) is 6.07 Å². The molecule has 0 amide bonds. The van der Waals surface area contributed by atoms with Crippen molar-refractivity contribution in [1.82, 2.24) is 0 Å². The molecule has 0 spiro atoms. The number of unbranched alkanes of at least 4 members (excludes halogenated alkanes) is 1. The van der Waals surface area contributed by atoms with Gasteiger partial charge in [0.15, 0.2) is 0 Å². The van der Waals surface area contributed by atoms with E-state index in [4.69, 9.17) is 20.3 Å². The zero-order valence-corrected chi connectivity index (χ0v) is 11.7. The highest BCUT2D eigenvalue weighted by Gasteiger charge is 2.11. The molecule has 1 aromatic rings. The predicted molar refractivity (Wildman–Crippen MR) is 78.2 cm³/mol. The van der Waals surface area contributed by atoms with Crippen LogP contribution in [-0.2, 0) is 9.47 Å². The number of nitrogens with one attached hydrogen (secondary N) is 1. The topological polar surface area (TPSA) is 93.8 Å². The number of anilines is 2. The van der Waals surface area contributed by atoms with Crippen molar-refractivity contribution >= 4 is 17.3 Å². The van der Waals surface area contributed by atoms with Gasteiger partial charge >= 0.3 is 5.97 Å². The lowest BCUT2D eigenvalue weighted by Gasteiger charge is -2.12. The molecule has 6 heteroatoms. The number of carboxylic acids is 1. The van der Waals surface area contributed by atoms with Crippen molar-refractivity contribution in [3.8, 4) is 0 Å². The smallest absolute Gasteiger partial charge is 0.337 e. The molecule has 0 radical (unpaired) electrons. The molecule has 0 aliphatic carbocycles. The molecule has 1 aromatic carbocycles. The number of para-hydroxylation sites is 1. The van der Waals surface area contributed by atoms with Crippen LogP contribution in [0.15, 0.2) is 18.2 Å². The Hall–Kier alpha value is -1.79. The van der Waals surface area contributed by atoms with E-state index in [-0.39, 0.29) is 5.56 Å². The molecule has 1 rings (SSSR count). The Balaban J connectivity index is 2.30. The van der Waals surface area contributed by atoms with E-state index >= 15 is 0 Å². The Labute approximate surface area is 118 Å². The molecular weight excluding hydrogens is 260 g/mol. The van der Waals surface area contributed by atoms with E-state index < -0.39 is 5.97 Å². The molecule has 0 aliphatic heterocycles. The fraction of sp³-hybridized carbons (Fsp3) is 0.500. The third-order valence-corrected chi connectivity index (χ3v) is 2.78. The van der Waals surface area contributed by atoms with E-state index in [1.54, 1.807) is 19.2 Å². The molecule has 0 heterocycles. The Morgan fingerprint density at radius 3 is 2.80 bits per heavy atom. The number of nitrogens with two attached hydrogens (primary N) is 1. The van der Waals surface area contributed by atoms with Crippen molar-refractivity contribution in [1.29, 1.82) is 0 Å². The zero-order valence-electron chi connectivity index (χ0n) is 11.7. The number of carboxylic acid groups (broad SMARTS) is 1.